The van der Waals surface area contributed by atoms with Crippen molar-refractivity contribution in [3.8, 4) is 5.75 Å². The molecule has 0 spiro atoms. The van der Waals surface area contributed by atoms with E-state index in [1.165, 1.54) is 12.1 Å². The molecule has 7 heteroatoms. The van der Waals surface area contributed by atoms with Gasteiger partial charge >= 0.3 is 0 Å². The lowest BCUT2D eigenvalue weighted by Crippen LogP contribution is -2.39. The maximum absolute atomic E-state index is 11.7. The fourth-order valence-electron chi connectivity index (χ4n) is 1.17. The van der Waals surface area contributed by atoms with Crippen molar-refractivity contribution in [1.82, 2.24) is 0 Å². The molecule has 4 N–H and O–H groups in total. The second-order valence-corrected chi connectivity index (χ2v) is 4.86. The minimum Gasteiger partial charge on any atom is -0.505 e. The van der Waals surface area contributed by atoms with Gasteiger partial charge in [-0.2, -0.15) is 0 Å². The fourth-order valence-corrected chi connectivity index (χ4v) is 1.65. The third kappa shape index (κ3) is 4.21. The van der Waals surface area contributed by atoms with E-state index in [1.807, 2.05) is 13.8 Å². The van der Waals surface area contributed by atoms with E-state index in [2.05, 4.69) is 5.32 Å². The van der Waals surface area contributed by atoms with Crippen molar-refractivity contribution >= 4 is 47.2 Å². The molecule has 0 unspecified atom stereocenters. The number of carbonyl (C=O) groups excluding carboxylic acids is 1. The van der Waals surface area contributed by atoms with Gasteiger partial charge in [-0.05, 0) is 18.1 Å². The van der Waals surface area contributed by atoms with Gasteiger partial charge in [0.2, 0.25) is 5.91 Å². The number of nitrogens with one attached hydrogen (secondary N) is 1. The van der Waals surface area contributed by atoms with Crippen molar-refractivity contribution in [3.05, 3.63) is 22.2 Å². The molecule has 0 saturated heterocycles. The Labute approximate surface area is 122 Å². The molecular weight excluding hydrogens is 298 g/mol. The van der Waals surface area contributed by atoms with Crippen molar-refractivity contribution in [2.24, 2.45) is 11.7 Å². The Kier molecular flexibility index (Phi) is 6.78. The third-order valence-corrected chi connectivity index (χ3v) is 2.88. The molecule has 0 aliphatic carbocycles. The van der Waals surface area contributed by atoms with Gasteiger partial charge in [0.1, 0.15) is 0 Å². The SMILES string of the molecule is CC(C)[C@@H](N)C(=O)Nc1cc(Cl)c(O)c(Cl)c1.Cl. The molecule has 0 aromatic heterocycles. The first-order chi connectivity index (χ1) is 7.82. The molecule has 1 rings (SSSR count). The summed E-state index contributed by atoms with van der Waals surface area (Å²) in [5.41, 5.74) is 6.09. The minimum absolute atomic E-state index is 0. The summed E-state index contributed by atoms with van der Waals surface area (Å²) in [5.74, 6) is -0.504. The van der Waals surface area contributed by atoms with Crippen LogP contribution in [0.25, 0.3) is 0 Å². The van der Waals surface area contributed by atoms with Crippen LogP contribution in [0, 0.1) is 5.92 Å². The van der Waals surface area contributed by atoms with Gasteiger partial charge in [0.15, 0.2) is 5.75 Å². The molecule has 0 aliphatic heterocycles. The first kappa shape index (κ1) is 17.3. The zero-order valence-corrected chi connectivity index (χ0v) is 12.2. The number of phenols is 1. The summed E-state index contributed by atoms with van der Waals surface area (Å²) in [5, 5.41) is 12.1. The first-order valence-corrected chi connectivity index (χ1v) is 5.83. The highest BCUT2D eigenvalue weighted by Crippen LogP contribution is 2.34. The van der Waals surface area contributed by atoms with E-state index in [9.17, 15) is 9.90 Å². The lowest BCUT2D eigenvalue weighted by molar-refractivity contribution is -0.118. The number of hydrogen-bond acceptors (Lipinski definition) is 3. The largest absolute Gasteiger partial charge is 0.505 e. The quantitative estimate of drug-likeness (QED) is 0.751. The lowest BCUT2D eigenvalue weighted by Gasteiger charge is -2.15. The number of nitrogens with two attached hydrogens (primary N) is 1. The van der Waals surface area contributed by atoms with Crippen LogP contribution in [0.5, 0.6) is 5.75 Å². The van der Waals surface area contributed by atoms with Gasteiger partial charge in [0.05, 0.1) is 16.1 Å². The maximum Gasteiger partial charge on any atom is 0.241 e. The Bertz CT molecular complexity index is 415. The van der Waals surface area contributed by atoms with Crippen molar-refractivity contribution in [1.29, 1.82) is 0 Å². The highest BCUT2D eigenvalue weighted by atomic mass is 35.5. The van der Waals surface area contributed by atoms with Crippen LogP contribution < -0.4 is 11.1 Å². The van der Waals surface area contributed by atoms with Crippen LogP contribution in [0.15, 0.2) is 12.1 Å². The summed E-state index contributed by atoms with van der Waals surface area (Å²) in [6, 6.07) is 2.21. The van der Waals surface area contributed by atoms with Crippen LogP contribution in [-0.2, 0) is 4.79 Å². The molecule has 1 atom stereocenters. The number of benzene rings is 1. The maximum atomic E-state index is 11.7. The van der Waals surface area contributed by atoms with Crippen LogP contribution in [0.1, 0.15) is 13.8 Å². The van der Waals surface area contributed by atoms with Crippen LogP contribution in [0.4, 0.5) is 5.69 Å². The van der Waals surface area contributed by atoms with Gasteiger partial charge in [-0.25, -0.2) is 0 Å². The van der Waals surface area contributed by atoms with Crippen molar-refractivity contribution < 1.29 is 9.90 Å². The summed E-state index contributed by atoms with van der Waals surface area (Å²) in [7, 11) is 0. The zero-order valence-electron chi connectivity index (χ0n) is 9.91. The summed E-state index contributed by atoms with van der Waals surface area (Å²) >= 11 is 11.5. The Morgan fingerprint density at radius 2 is 1.78 bits per heavy atom. The van der Waals surface area contributed by atoms with Crippen LogP contribution in [-0.4, -0.2) is 17.1 Å². The van der Waals surface area contributed by atoms with Gasteiger partial charge < -0.3 is 16.2 Å². The average molecular weight is 314 g/mol. The number of halogens is 3. The summed E-state index contributed by atoms with van der Waals surface area (Å²) < 4.78 is 0. The first-order valence-electron chi connectivity index (χ1n) is 5.07. The number of aromatic hydroxyl groups is 1. The molecule has 4 nitrogen and oxygen atoms in total. The van der Waals surface area contributed by atoms with E-state index >= 15 is 0 Å². The molecule has 0 heterocycles. The topological polar surface area (TPSA) is 75.4 Å². The fraction of sp³-hybridized carbons (Fsp3) is 0.364. The molecular formula is C11H15Cl3N2O2. The van der Waals surface area contributed by atoms with Crippen molar-refractivity contribution in [2.45, 2.75) is 19.9 Å². The van der Waals surface area contributed by atoms with Gasteiger partial charge in [-0.15, -0.1) is 12.4 Å². The van der Waals surface area contributed by atoms with E-state index in [0.717, 1.165) is 0 Å². The van der Waals surface area contributed by atoms with Gasteiger partial charge in [-0.3, -0.25) is 4.79 Å². The van der Waals surface area contributed by atoms with Gasteiger partial charge in [0.25, 0.3) is 0 Å². The molecule has 102 valence electrons. The van der Waals surface area contributed by atoms with Crippen LogP contribution in [0.2, 0.25) is 10.0 Å². The minimum atomic E-state index is -0.610. The predicted molar refractivity (Wildman–Crippen MR) is 76.8 cm³/mol. The van der Waals surface area contributed by atoms with E-state index < -0.39 is 6.04 Å². The van der Waals surface area contributed by atoms with E-state index in [1.54, 1.807) is 0 Å². The number of phenolic OH excluding ortho intramolecular Hbond substituents is 1. The normalized spacial score (nSPS) is 11.9. The van der Waals surface area contributed by atoms with Crippen molar-refractivity contribution in [2.75, 3.05) is 5.32 Å². The average Bonchev–Trinajstić information content (AvgIpc) is 2.24. The smallest absolute Gasteiger partial charge is 0.241 e. The molecule has 1 aromatic carbocycles. The van der Waals surface area contributed by atoms with Crippen molar-refractivity contribution in [3.63, 3.8) is 0 Å². The second kappa shape index (κ2) is 7.04. The Hall–Kier alpha value is -0.680. The zero-order chi connectivity index (χ0) is 13.2. The number of anilines is 1. The highest BCUT2D eigenvalue weighted by Gasteiger charge is 2.18. The molecule has 1 aromatic rings. The summed E-state index contributed by atoms with van der Waals surface area (Å²) in [4.78, 5) is 11.7. The second-order valence-electron chi connectivity index (χ2n) is 4.05. The van der Waals surface area contributed by atoms with Gasteiger partial charge in [-0.1, -0.05) is 37.0 Å². The van der Waals surface area contributed by atoms with Crippen LogP contribution in [0.3, 0.4) is 0 Å². The summed E-state index contributed by atoms with van der Waals surface area (Å²) in [6.45, 7) is 3.70. The molecule has 0 saturated carbocycles. The number of carbonyl (C=O) groups is 1. The molecule has 0 radical (unpaired) electrons. The van der Waals surface area contributed by atoms with Gasteiger partial charge in [0, 0.05) is 5.69 Å². The predicted octanol–water partition coefficient (Wildman–Crippen LogP) is 3.04. The summed E-state index contributed by atoms with van der Waals surface area (Å²) in [6.07, 6.45) is 0. The number of rotatable bonds is 3. The van der Waals surface area contributed by atoms with E-state index in [-0.39, 0.29) is 40.0 Å². The molecule has 18 heavy (non-hydrogen) atoms. The standard InChI is InChI=1S/C11H14Cl2N2O2.ClH/c1-5(2)9(14)11(17)15-6-3-7(12)10(16)8(13)4-6;/h3-5,9,16H,14H2,1-2H3,(H,15,17);1H/t9-;/m1./s1. The molecule has 0 fully saturated rings. The number of amides is 1. The highest BCUT2D eigenvalue weighted by molar-refractivity contribution is 6.37. The van der Waals surface area contributed by atoms with E-state index in [4.69, 9.17) is 28.9 Å². The monoisotopic (exact) mass is 312 g/mol. The Morgan fingerprint density at radius 3 is 2.17 bits per heavy atom. The number of hydrogen-bond donors (Lipinski definition) is 3. The molecule has 0 aliphatic rings. The molecule has 0 bridgehead atoms. The lowest BCUT2D eigenvalue weighted by atomic mass is 10.0. The Morgan fingerprint density at radius 1 is 1.33 bits per heavy atom. The van der Waals surface area contributed by atoms with E-state index in [0.29, 0.717) is 5.69 Å². The third-order valence-electron chi connectivity index (χ3n) is 2.31. The Balaban J connectivity index is 0.00000289. The molecule has 1 amide bonds. The van der Waals surface area contributed by atoms with Crippen LogP contribution >= 0.6 is 35.6 Å².